The molecule has 1 fully saturated rings. The zero-order chi connectivity index (χ0) is 25.8. The highest BCUT2D eigenvalue weighted by Gasteiger charge is 2.30. The summed E-state index contributed by atoms with van der Waals surface area (Å²) in [6.45, 7) is 4.10. The first-order valence-electron chi connectivity index (χ1n) is 12.8. The van der Waals surface area contributed by atoms with E-state index in [1.807, 2.05) is 60.8 Å². The Bertz CT molecular complexity index is 1240. The highest BCUT2D eigenvalue weighted by Crippen LogP contribution is 2.38. The zero-order valence-electron chi connectivity index (χ0n) is 21.2. The van der Waals surface area contributed by atoms with Crippen molar-refractivity contribution in [3.05, 3.63) is 66.9 Å². The first-order chi connectivity index (χ1) is 18.1. The Hall–Kier alpha value is -4.07. The highest BCUT2D eigenvalue weighted by molar-refractivity contribution is 6.03. The first-order valence-corrected chi connectivity index (χ1v) is 12.8. The van der Waals surface area contributed by atoms with Crippen LogP contribution in [0.5, 0.6) is 5.75 Å². The summed E-state index contributed by atoms with van der Waals surface area (Å²) < 4.78 is 11.1. The van der Waals surface area contributed by atoms with Gasteiger partial charge in [0.25, 0.3) is 0 Å². The summed E-state index contributed by atoms with van der Waals surface area (Å²) in [6, 6.07) is 19.3. The van der Waals surface area contributed by atoms with Crippen LogP contribution in [0.4, 0.5) is 22.0 Å². The summed E-state index contributed by atoms with van der Waals surface area (Å²) in [5.41, 5.74) is 3.45. The van der Waals surface area contributed by atoms with Crippen LogP contribution in [-0.4, -0.2) is 49.8 Å². The molecule has 3 aromatic rings. The summed E-state index contributed by atoms with van der Waals surface area (Å²) in [7, 11) is 1.44. The molecular formula is C29H32N4O4. The fourth-order valence-corrected chi connectivity index (χ4v) is 4.90. The van der Waals surface area contributed by atoms with Gasteiger partial charge in [0.2, 0.25) is 0 Å². The van der Waals surface area contributed by atoms with Gasteiger partial charge in [0.05, 0.1) is 25.3 Å². The SMILES string of the molecule is CCC1CN(C(=O)Nc2ccccc2)c2ccc(-c3ccc(N4CCC(C(=O)OC)CC4)nc3)cc2O1. The minimum Gasteiger partial charge on any atom is -0.486 e. The van der Waals surface area contributed by atoms with Crippen molar-refractivity contribution in [3.8, 4) is 16.9 Å². The number of amides is 2. The van der Waals surface area contributed by atoms with Gasteiger partial charge in [-0.2, -0.15) is 0 Å². The van der Waals surface area contributed by atoms with Crippen molar-refractivity contribution in [3.63, 3.8) is 0 Å². The largest absolute Gasteiger partial charge is 0.486 e. The van der Waals surface area contributed by atoms with Crippen molar-refractivity contribution < 1.29 is 19.1 Å². The van der Waals surface area contributed by atoms with Crippen molar-refractivity contribution in [2.24, 2.45) is 5.92 Å². The highest BCUT2D eigenvalue weighted by atomic mass is 16.5. The van der Waals surface area contributed by atoms with Gasteiger partial charge in [-0.25, -0.2) is 9.78 Å². The number of aromatic nitrogens is 1. The summed E-state index contributed by atoms with van der Waals surface area (Å²) in [5, 5.41) is 2.98. The van der Waals surface area contributed by atoms with Gasteiger partial charge < -0.3 is 19.7 Å². The number of carbonyl (C=O) groups is 2. The number of pyridine rings is 1. The van der Waals surface area contributed by atoms with Crippen LogP contribution in [0.25, 0.3) is 11.1 Å². The van der Waals surface area contributed by atoms with E-state index in [4.69, 9.17) is 14.5 Å². The number of fused-ring (bicyclic) bond motifs is 1. The van der Waals surface area contributed by atoms with Crippen LogP contribution in [0.2, 0.25) is 0 Å². The van der Waals surface area contributed by atoms with Crippen molar-refractivity contribution >= 4 is 29.2 Å². The number of carbonyl (C=O) groups excluding carboxylic acids is 2. The van der Waals surface area contributed by atoms with Gasteiger partial charge in [0.15, 0.2) is 0 Å². The van der Waals surface area contributed by atoms with E-state index in [0.29, 0.717) is 12.3 Å². The molecule has 3 heterocycles. The lowest BCUT2D eigenvalue weighted by Gasteiger charge is -2.35. The number of rotatable bonds is 5. The molecule has 0 bridgehead atoms. The van der Waals surface area contributed by atoms with Gasteiger partial charge in [-0.05, 0) is 61.2 Å². The maximum atomic E-state index is 13.1. The second-order valence-corrected chi connectivity index (χ2v) is 9.43. The lowest BCUT2D eigenvalue weighted by atomic mass is 9.97. The Morgan fingerprint density at radius 2 is 1.81 bits per heavy atom. The van der Waals surface area contributed by atoms with Gasteiger partial charge in [-0.15, -0.1) is 0 Å². The van der Waals surface area contributed by atoms with Gasteiger partial charge in [0, 0.05) is 30.5 Å². The van der Waals surface area contributed by atoms with E-state index in [9.17, 15) is 9.59 Å². The molecule has 1 aromatic heterocycles. The number of nitrogens with zero attached hydrogens (tertiary/aromatic N) is 3. The van der Waals surface area contributed by atoms with Crippen LogP contribution in [-0.2, 0) is 9.53 Å². The maximum absolute atomic E-state index is 13.1. The number of para-hydroxylation sites is 1. The topological polar surface area (TPSA) is 84.0 Å². The number of hydrogen-bond acceptors (Lipinski definition) is 6. The fraction of sp³-hybridized carbons (Fsp3) is 0.345. The van der Waals surface area contributed by atoms with E-state index in [1.165, 1.54) is 7.11 Å². The predicted octanol–water partition coefficient (Wildman–Crippen LogP) is 5.35. The van der Waals surface area contributed by atoms with Crippen LogP contribution < -0.4 is 19.9 Å². The summed E-state index contributed by atoms with van der Waals surface area (Å²) in [6.07, 6.45) is 4.11. The Labute approximate surface area is 217 Å². The molecule has 0 radical (unpaired) electrons. The quantitative estimate of drug-likeness (QED) is 0.476. The molecule has 2 aliphatic rings. The molecule has 0 spiro atoms. The number of anilines is 3. The van der Waals surface area contributed by atoms with Crippen molar-refractivity contribution in [1.82, 2.24) is 4.98 Å². The summed E-state index contributed by atoms with van der Waals surface area (Å²) in [5.74, 6) is 1.43. The smallest absolute Gasteiger partial charge is 0.326 e. The number of methoxy groups -OCH3 is 1. The van der Waals surface area contributed by atoms with Gasteiger partial charge in [-0.1, -0.05) is 31.2 Å². The average Bonchev–Trinajstić information content (AvgIpc) is 2.96. The lowest BCUT2D eigenvalue weighted by molar-refractivity contribution is -0.146. The van der Waals surface area contributed by atoms with Crippen molar-refractivity contribution in [2.45, 2.75) is 32.3 Å². The van der Waals surface area contributed by atoms with Crippen LogP contribution in [0.1, 0.15) is 26.2 Å². The third kappa shape index (κ3) is 5.38. The molecule has 1 atom stereocenters. The number of ether oxygens (including phenoxy) is 2. The Balaban J connectivity index is 1.32. The third-order valence-electron chi connectivity index (χ3n) is 7.09. The van der Waals surface area contributed by atoms with Crippen LogP contribution in [0.3, 0.4) is 0 Å². The number of hydrogen-bond donors (Lipinski definition) is 1. The van der Waals surface area contributed by atoms with E-state index in [-0.39, 0.29) is 24.0 Å². The molecular weight excluding hydrogens is 468 g/mol. The minimum atomic E-state index is -0.177. The summed E-state index contributed by atoms with van der Waals surface area (Å²) >= 11 is 0. The Kier molecular flexibility index (Phi) is 7.25. The molecule has 2 aromatic carbocycles. The normalized spacial score (nSPS) is 17.5. The second kappa shape index (κ2) is 10.9. The lowest BCUT2D eigenvalue weighted by Crippen LogP contribution is -2.45. The standard InChI is InChI=1S/C29H32N4O4/c1-3-24-19-33(29(35)31-23-7-5-4-6-8-23)25-11-9-21(17-26(25)37-24)22-10-12-27(30-18-22)32-15-13-20(14-16-32)28(34)36-2/h4-12,17-18,20,24H,3,13-16,19H2,1-2H3,(H,31,35). The van der Waals surface area contributed by atoms with Crippen LogP contribution in [0, 0.1) is 5.92 Å². The number of piperidine rings is 1. The molecule has 8 nitrogen and oxygen atoms in total. The molecule has 192 valence electrons. The average molecular weight is 501 g/mol. The van der Waals surface area contributed by atoms with E-state index in [0.717, 1.165) is 60.7 Å². The number of benzene rings is 2. The molecule has 1 N–H and O–H groups in total. The number of esters is 1. The Morgan fingerprint density at radius 1 is 1.05 bits per heavy atom. The van der Waals surface area contributed by atoms with E-state index in [1.54, 1.807) is 4.90 Å². The fourth-order valence-electron chi connectivity index (χ4n) is 4.90. The van der Waals surface area contributed by atoms with Gasteiger partial charge >= 0.3 is 12.0 Å². The monoisotopic (exact) mass is 500 g/mol. The molecule has 37 heavy (non-hydrogen) atoms. The molecule has 5 rings (SSSR count). The molecule has 2 aliphatic heterocycles. The number of nitrogens with one attached hydrogen (secondary N) is 1. The Morgan fingerprint density at radius 3 is 2.49 bits per heavy atom. The van der Waals surface area contributed by atoms with E-state index >= 15 is 0 Å². The first kappa shape index (κ1) is 24.6. The van der Waals surface area contributed by atoms with E-state index in [2.05, 4.69) is 23.2 Å². The van der Waals surface area contributed by atoms with E-state index < -0.39 is 0 Å². The predicted molar refractivity (Wildman–Crippen MR) is 144 cm³/mol. The molecule has 0 saturated carbocycles. The molecule has 2 amide bonds. The third-order valence-corrected chi connectivity index (χ3v) is 7.09. The minimum absolute atomic E-state index is 0.0303. The maximum Gasteiger partial charge on any atom is 0.326 e. The summed E-state index contributed by atoms with van der Waals surface area (Å²) in [4.78, 5) is 33.6. The van der Waals surface area contributed by atoms with Crippen LogP contribution >= 0.6 is 0 Å². The molecule has 0 aliphatic carbocycles. The van der Waals surface area contributed by atoms with Gasteiger partial charge in [-0.3, -0.25) is 9.69 Å². The second-order valence-electron chi connectivity index (χ2n) is 9.43. The van der Waals surface area contributed by atoms with Crippen LogP contribution in [0.15, 0.2) is 66.9 Å². The number of urea groups is 1. The molecule has 1 saturated heterocycles. The van der Waals surface area contributed by atoms with Gasteiger partial charge in [0.1, 0.15) is 17.7 Å². The molecule has 8 heteroatoms. The van der Waals surface area contributed by atoms with Crippen molar-refractivity contribution in [1.29, 1.82) is 0 Å². The zero-order valence-corrected chi connectivity index (χ0v) is 21.2. The van der Waals surface area contributed by atoms with Crippen molar-refractivity contribution in [2.75, 3.05) is 41.9 Å². The molecule has 1 unspecified atom stereocenters.